The van der Waals surface area contributed by atoms with E-state index in [0.717, 1.165) is 0 Å². The summed E-state index contributed by atoms with van der Waals surface area (Å²) in [6.45, 7) is -0.385. The van der Waals surface area contributed by atoms with Gasteiger partial charge < -0.3 is 25.4 Å². The molecule has 7 heteroatoms. The van der Waals surface area contributed by atoms with Crippen molar-refractivity contribution in [2.24, 2.45) is 0 Å². The minimum absolute atomic E-state index is 0.263. The van der Waals surface area contributed by atoms with Crippen LogP contribution in [0.3, 0.4) is 0 Å². The molecule has 0 radical (unpaired) electrons. The van der Waals surface area contributed by atoms with Crippen LogP contribution < -0.4 is 9.88 Å². The van der Waals surface area contributed by atoms with E-state index in [2.05, 4.69) is 5.32 Å². The van der Waals surface area contributed by atoms with Crippen LogP contribution in [0.5, 0.6) is 0 Å². The van der Waals surface area contributed by atoms with Gasteiger partial charge in [-0.2, -0.15) is 4.57 Å². The van der Waals surface area contributed by atoms with E-state index in [9.17, 15) is 15.0 Å². The number of aliphatic hydroxyl groups is 3. The number of hydrogen-bond acceptors (Lipinski definition) is 5. The first-order valence-corrected chi connectivity index (χ1v) is 5.94. The monoisotopic (exact) mass is 269 g/mol. The predicted molar refractivity (Wildman–Crippen MR) is 63.0 cm³/mol. The van der Waals surface area contributed by atoms with Gasteiger partial charge in [-0.3, -0.25) is 4.79 Å². The Morgan fingerprint density at radius 2 is 2.21 bits per heavy atom. The largest absolute Gasteiger partial charge is 0.394 e. The highest BCUT2D eigenvalue weighted by molar-refractivity contribution is 5.93. The van der Waals surface area contributed by atoms with E-state index in [1.807, 2.05) is 0 Å². The second kappa shape index (κ2) is 5.62. The molecule has 4 atom stereocenters. The Balaban J connectivity index is 2.25. The Morgan fingerprint density at radius 3 is 2.79 bits per heavy atom. The van der Waals surface area contributed by atoms with Gasteiger partial charge in [-0.25, -0.2) is 0 Å². The molecule has 0 bridgehead atoms. The lowest BCUT2D eigenvalue weighted by Crippen LogP contribution is -2.46. The molecule has 1 aliphatic heterocycles. The Hall–Kier alpha value is -1.54. The number of nitrogens with zero attached hydrogens (tertiary/aromatic N) is 1. The molecule has 1 fully saturated rings. The number of rotatable bonds is 3. The van der Waals surface area contributed by atoms with E-state index in [-0.39, 0.29) is 12.5 Å². The number of amides is 1. The average molecular weight is 269 g/mol. The molecule has 19 heavy (non-hydrogen) atoms. The number of aromatic nitrogens is 1. The third-order valence-electron chi connectivity index (χ3n) is 3.12. The summed E-state index contributed by atoms with van der Waals surface area (Å²) >= 11 is 0. The highest BCUT2D eigenvalue weighted by Gasteiger charge is 2.47. The molecule has 1 aromatic rings. The van der Waals surface area contributed by atoms with Crippen molar-refractivity contribution in [2.75, 3.05) is 13.7 Å². The van der Waals surface area contributed by atoms with Crippen LogP contribution in [0.15, 0.2) is 24.5 Å². The van der Waals surface area contributed by atoms with Crippen molar-refractivity contribution in [2.45, 2.75) is 24.5 Å². The lowest BCUT2D eigenvalue weighted by molar-refractivity contribution is -0.765. The highest BCUT2D eigenvalue weighted by Crippen LogP contribution is 2.24. The summed E-state index contributed by atoms with van der Waals surface area (Å²) < 4.78 is 6.86. The van der Waals surface area contributed by atoms with Crippen LogP contribution >= 0.6 is 0 Å². The normalized spacial score (nSPS) is 30.3. The van der Waals surface area contributed by atoms with Gasteiger partial charge in [-0.15, -0.1) is 0 Å². The first kappa shape index (κ1) is 13.9. The lowest BCUT2D eigenvalue weighted by Gasteiger charge is -2.10. The van der Waals surface area contributed by atoms with Crippen molar-refractivity contribution in [3.8, 4) is 0 Å². The average Bonchev–Trinajstić information content (AvgIpc) is 2.74. The molecule has 1 aromatic heterocycles. The maximum atomic E-state index is 11.5. The molecule has 104 valence electrons. The van der Waals surface area contributed by atoms with Crippen LogP contribution in [0.1, 0.15) is 16.6 Å². The molecule has 7 nitrogen and oxygen atoms in total. The summed E-state index contributed by atoms with van der Waals surface area (Å²) in [5.41, 5.74) is 0.405. The molecule has 1 unspecified atom stereocenters. The first-order valence-electron chi connectivity index (χ1n) is 5.94. The van der Waals surface area contributed by atoms with Gasteiger partial charge in [0.15, 0.2) is 18.5 Å². The van der Waals surface area contributed by atoms with Gasteiger partial charge in [-0.05, 0) is 6.07 Å². The predicted octanol–water partition coefficient (Wildman–Crippen LogP) is -2.05. The molecule has 1 aliphatic rings. The van der Waals surface area contributed by atoms with Crippen molar-refractivity contribution in [3.63, 3.8) is 0 Å². The van der Waals surface area contributed by atoms with E-state index in [4.69, 9.17) is 9.84 Å². The molecule has 4 N–H and O–H groups in total. The number of hydrogen-bond donors (Lipinski definition) is 4. The van der Waals surface area contributed by atoms with Gasteiger partial charge in [0.2, 0.25) is 0 Å². The SMILES string of the molecule is CNC(=O)c1ccc[n+]([C@@H]2O[C@H](CO)C(O)[C@@H]2O)c1. The zero-order valence-corrected chi connectivity index (χ0v) is 10.4. The van der Waals surface area contributed by atoms with Crippen LogP contribution in [0.4, 0.5) is 0 Å². The zero-order chi connectivity index (χ0) is 14.0. The highest BCUT2D eigenvalue weighted by atomic mass is 16.6. The maximum Gasteiger partial charge on any atom is 0.292 e. The van der Waals surface area contributed by atoms with E-state index >= 15 is 0 Å². The topological polar surface area (TPSA) is 103 Å². The van der Waals surface area contributed by atoms with E-state index in [1.54, 1.807) is 18.3 Å². The van der Waals surface area contributed by atoms with Gasteiger partial charge in [-0.1, -0.05) is 0 Å². The summed E-state index contributed by atoms with van der Waals surface area (Å²) in [5.74, 6) is -0.263. The molecule has 1 saturated heterocycles. The van der Waals surface area contributed by atoms with E-state index < -0.39 is 24.5 Å². The standard InChI is InChI=1S/C12H16N2O5/c1-13-11(18)7-3-2-4-14(5-7)12-10(17)9(16)8(6-15)19-12/h2-5,8-10,12,15-17H,6H2,1H3/p+1/t8-,9?,10+,12-/m1/s1. The van der Waals surface area contributed by atoms with Crippen molar-refractivity contribution >= 4 is 5.91 Å². The van der Waals surface area contributed by atoms with Crippen LogP contribution in [0.2, 0.25) is 0 Å². The van der Waals surface area contributed by atoms with Crippen molar-refractivity contribution in [1.29, 1.82) is 0 Å². The molecule has 2 rings (SSSR count). The van der Waals surface area contributed by atoms with E-state index in [0.29, 0.717) is 5.56 Å². The molecule has 1 amide bonds. The Bertz CT molecular complexity index is 467. The van der Waals surface area contributed by atoms with Gasteiger partial charge >= 0.3 is 0 Å². The molecule has 2 heterocycles. The fraction of sp³-hybridized carbons (Fsp3) is 0.500. The van der Waals surface area contributed by atoms with E-state index in [1.165, 1.54) is 17.8 Å². The lowest BCUT2D eigenvalue weighted by atomic mass is 10.1. The number of nitrogens with one attached hydrogen (secondary N) is 1. The second-order valence-corrected chi connectivity index (χ2v) is 4.35. The first-order chi connectivity index (χ1) is 9.08. The van der Waals surface area contributed by atoms with Crippen LogP contribution in [-0.4, -0.2) is 53.2 Å². The number of aliphatic hydroxyl groups excluding tert-OH is 3. The maximum absolute atomic E-state index is 11.5. The third kappa shape index (κ3) is 2.59. The van der Waals surface area contributed by atoms with Crippen LogP contribution in [0.25, 0.3) is 0 Å². The number of pyridine rings is 1. The summed E-state index contributed by atoms with van der Waals surface area (Å²) in [5, 5.41) is 31.1. The molecule has 0 aliphatic carbocycles. The van der Waals surface area contributed by atoms with Crippen LogP contribution in [0, 0.1) is 0 Å². The smallest absolute Gasteiger partial charge is 0.292 e. The summed E-state index contributed by atoms with van der Waals surface area (Å²) in [4.78, 5) is 11.5. The second-order valence-electron chi connectivity index (χ2n) is 4.35. The quantitative estimate of drug-likeness (QED) is 0.473. The van der Waals surface area contributed by atoms with Crippen LogP contribution in [-0.2, 0) is 4.74 Å². The minimum Gasteiger partial charge on any atom is -0.394 e. The molecule has 0 aromatic carbocycles. The van der Waals surface area contributed by atoms with Gasteiger partial charge in [0.05, 0.1) is 6.61 Å². The molecular weight excluding hydrogens is 252 g/mol. The summed E-state index contributed by atoms with van der Waals surface area (Å²) in [7, 11) is 1.52. The molecule has 0 saturated carbocycles. The number of carbonyl (C=O) groups excluding carboxylic acids is 1. The summed E-state index contributed by atoms with van der Waals surface area (Å²) in [6.07, 6.45) is -0.868. The molecule has 0 spiro atoms. The zero-order valence-electron chi connectivity index (χ0n) is 10.4. The van der Waals surface area contributed by atoms with Gasteiger partial charge in [0.1, 0.15) is 17.8 Å². The fourth-order valence-corrected chi connectivity index (χ4v) is 2.06. The van der Waals surface area contributed by atoms with Crippen molar-refractivity contribution in [3.05, 3.63) is 30.1 Å². The number of ether oxygens (including phenoxy) is 1. The Morgan fingerprint density at radius 1 is 1.47 bits per heavy atom. The Labute approximate surface area is 110 Å². The third-order valence-corrected chi connectivity index (χ3v) is 3.12. The minimum atomic E-state index is -1.16. The molecular formula is C12H17N2O5+. The van der Waals surface area contributed by atoms with Crippen molar-refractivity contribution in [1.82, 2.24) is 5.32 Å². The van der Waals surface area contributed by atoms with Crippen molar-refractivity contribution < 1.29 is 29.4 Å². The van der Waals surface area contributed by atoms with Gasteiger partial charge in [0.25, 0.3) is 12.1 Å². The summed E-state index contributed by atoms with van der Waals surface area (Å²) in [6, 6.07) is 3.26. The Kier molecular flexibility index (Phi) is 4.11. The number of carbonyl (C=O) groups is 1. The van der Waals surface area contributed by atoms with Gasteiger partial charge in [0, 0.05) is 13.1 Å². The fourth-order valence-electron chi connectivity index (χ4n) is 2.06.